The van der Waals surface area contributed by atoms with Crippen LogP contribution in [0.2, 0.25) is 0 Å². The highest BCUT2D eigenvalue weighted by Crippen LogP contribution is 2.37. The first-order valence-electron chi connectivity index (χ1n) is 15.7. The SMILES string of the molecule is CN1CCN(c2ccc(C(=O)Nc3cnn4ccc(N5CCCC5c5cc(F)ccc5F)nc34)c(NC3CCOCC3)c2)CC1. The van der Waals surface area contributed by atoms with Gasteiger partial charge in [-0.2, -0.15) is 5.10 Å². The van der Waals surface area contributed by atoms with E-state index in [2.05, 4.69) is 38.6 Å². The molecule has 1 unspecified atom stereocenters. The van der Waals surface area contributed by atoms with Crippen molar-refractivity contribution in [2.75, 3.05) is 73.4 Å². The molecule has 3 aliphatic rings. The topological polar surface area (TPSA) is 90.3 Å². The van der Waals surface area contributed by atoms with Gasteiger partial charge < -0.3 is 30.1 Å². The molecule has 45 heavy (non-hydrogen) atoms. The van der Waals surface area contributed by atoms with Crippen molar-refractivity contribution in [3.8, 4) is 0 Å². The average Bonchev–Trinajstić information content (AvgIpc) is 3.70. The number of amides is 1. The van der Waals surface area contributed by atoms with E-state index >= 15 is 0 Å². The summed E-state index contributed by atoms with van der Waals surface area (Å²) in [4.78, 5) is 25.4. The van der Waals surface area contributed by atoms with E-state index in [0.717, 1.165) is 62.9 Å². The smallest absolute Gasteiger partial charge is 0.257 e. The van der Waals surface area contributed by atoms with Crippen LogP contribution in [0.5, 0.6) is 0 Å². The number of fused-ring (bicyclic) bond motifs is 1. The fourth-order valence-electron chi connectivity index (χ4n) is 6.60. The Morgan fingerprint density at radius 2 is 1.78 bits per heavy atom. The first-order valence-corrected chi connectivity index (χ1v) is 15.7. The third-order valence-corrected chi connectivity index (χ3v) is 9.16. The monoisotopic (exact) mass is 616 g/mol. The van der Waals surface area contributed by atoms with Crippen molar-refractivity contribution in [1.29, 1.82) is 0 Å². The van der Waals surface area contributed by atoms with Crippen molar-refractivity contribution in [3.63, 3.8) is 0 Å². The quantitative estimate of drug-likeness (QED) is 0.302. The predicted octanol–water partition coefficient (Wildman–Crippen LogP) is 4.94. The molecule has 1 amide bonds. The number of hydrogen-bond acceptors (Lipinski definition) is 8. The number of nitrogens with one attached hydrogen (secondary N) is 2. The molecule has 0 saturated carbocycles. The molecular formula is C33H38F2N8O2. The van der Waals surface area contributed by atoms with E-state index in [9.17, 15) is 13.6 Å². The second-order valence-corrected chi connectivity index (χ2v) is 12.1. The summed E-state index contributed by atoms with van der Waals surface area (Å²) in [7, 11) is 2.13. The molecule has 0 spiro atoms. The van der Waals surface area contributed by atoms with Gasteiger partial charge in [0.15, 0.2) is 5.65 Å². The summed E-state index contributed by atoms with van der Waals surface area (Å²) in [5, 5.41) is 11.1. The lowest BCUT2D eigenvalue weighted by Crippen LogP contribution is -2.44. The summed E-state index contributed by atoms with van der Waals surface area (Å²) in [5.74, 6) is -0.555. The van der Waals surface area contributed by atoms with Crippen LogP contribution in [-0.4, -0.2) is 84.4 Å². The first-order chi connectivity index (χ1) is 21.9. The number of benzene rings is 2. The van der Waals surface area contributed by atoms with Crippen molar-refractivity contribution < 1.29 is 18.3 Å². The summed E-state index contributed by atoms with van der Waals surface area (Å²) in [6, 6.07) is 11.2. The molecule has 0 aliphatic carbocycles. The molecule has 0 radical (unpaired) electrons. The fourth-order valence-corrected chi connectivity index (χ4v) is 6.60. The van der Waals surface area contributed by atoms with Crippen LogP contribution in [0.4, 0.5) is 31.7 Å². The van der Waals surface area contributed by atoms with Gasteiger partial charge in [-0.3, -0.25) is 4.79 Å². The Bertz CT molecular complexity index is 1680. The maximum absolute atomic E-state index is 14.7. The van der Waals surface area contributed by atoms with Crippen LogP contribution in [0.1, 0.15) is 47.6 Å². The molecule has 3 aliphatic heterocycles. The number of nitrogens with zero attached hydrogens (tertiary/aromatic N) is 6. The molecular weight excluding hydrogens is 578 g/mol. The average molecular weight is 617 g/mol. The number of hydrogen-bond donors (Lipinski definition) is 2. The Morgan fingerprint density at radius 3 is 2.60 bits per heavy atom. The normalized spacial score (nSPS) is 19.8. The number of anilines is 4. The van der Waals surface area contributed by atoms with Crippen molar-refractivity contribution in [1.82, 2.24) is 19.5 Å². The molecule has 2 N–H and O–H groups in total. The first kappa shape index (κ1) is 29.4. The summed E-state index contributed by atoms with van der Waals surface area (Å²) in [5.41, 5.74) is 3.68. The summed E-state index contributed by atoms with van der Waals surface area (Å²) in [6.45, 7) is 5.88. The zero-order valence-electron chi connectivity index (χ0n) is 25.4. The lowest BCUT2D eigenvalue weighted by atomic mass is 10.0. The Kier molecular flexibility index (Phi) is 8.24. The molecule has 12 heteroatoms. The van der Waals surface area contributed by atoms with Crippen molar-refractivity contribution in [3.05, 3.63) is 77.6 Å². The highest BCUT2D eigenvalue weighted by atomic mass is 19.1. The molecule has 4 aromatic rings. The Hall–Kier alpha value is -4.29. The van der Waals surface area contributed by atoms with Gasteiger partial charge in [0.2, 0.25) is 0 Å². The summed E-state index contributed by atoms with van der Waals surface area (Å²) < 4.78 is 35.9. The molecule has 10 nitrogen and oxygen atoms in total. The number of halogens is 2. The van der Waals surface area contributed by atoms with Crippen molar-refractivity contribution >= 4 is 34.4 Å². The Labute approximate surface area is 261 Å². The van der Waals surface area contributed by atoms with Crippen LogP contribution in [0.15, 0.2) is 54.9 Å². The van der Waals surface area contributed by atoms with Crippen LogP contribution in [0.3, 0.4) is 0 Å². The van der Waals surface area contributed by atoms with Gasteiger partial charge in [0.1, 0.15) is 23.1 Å². The molecule has 7 rings (SSSR count). The molecule has 236 valence electrons. The summed E-state index contributed by atoms with van der Waals surface area (Å²) in [6.07, 6.45) is 6.61. The lowest BCUT2D eigenvalue weighted by molar-refractivity contribution is 0.0904. The molecule has 3 saturated heterocycles. The number of aromatic nitrogens is 3. The van der Waals surface area contributed by atoms with E-state index in [-0.39, 0.29) is 18.0 Å². The van der Waals surface area contributed by atoms with E-state index in [1.165, 1.54) is 12.1 Å². The predicted molar refractivity (Wildman–Crippen MR) is 170 cm³/mol. The molecule has 5 heterocycles. The van der Waals surface area contributed by atoms with Crippen molar-refractivity contribution in [2.24, 2.45) is 0 Å². The highest BCUT2D eigenvalue weighted by Gasteiger charge is 2.30. The van der Waals surface area contributed by atoms with Crippen LogP contribution in [0.25, 0.3) is 5.65 Å². The molecule has 3 fully saturated rings. The van der Waals surface area contributed by atoms with Crippen LogP contribution < -0.4 is 20.4 Å². The molecule has 0 bridgehead atoms. The van der Waals surface area contributed by atoms with Gasteiger partial charge in [-0.15, -0.1) is 0 Å². The second-order valence-electron chi connectivity index (χ2n) is 12.1. The minimum atomic E-state index is -0.468. The number of rotatable bonds is 7. The Morgan fingerprint density at radius 1 is 0.956 bits per heavy atom. The van der Waals surface area contributed by atoms with Crippen LogP contribution in [-0.2, 0) is 4.74 Å². The second kappa shape index (κ2) is 12.6. The molecule has 1 atom stereocenters. The van der Waals surface area contributed by atoms with E-state index in [1.807, 2.05) is 23.1 Å². The lowest BCUT2D eigenvalue weighted by Gasteiger charge is -2.34. The number of carbonyl (C=O) groups excluding carboxylic acids is 1. The van der Waals surface area contributed by atoms with E-state index < -0.39 is 11.6 Å². The number of ether oxygens (including phenoxy) is 1. The standard InChI is InChI=1S/C33H38F2N8O2/c1-40-13-15-41(16-14-40)24-5-6-25(28(20-24)37-23-9-17-45-18-10-23)33(44)38-29-21-36-43-12-8-31(39-32(29)43)42-11-2-3-30(42)26-19-22(34)4-7-27(26)35/h4-8,12,19-21,23,30,37H,2-3,9-11,13-18H2,1H3,(H,38,44). The summed E-state index contributed by atoms with van der Waals surface area (Å²) >= 11 is 0. The van der Waals surface area contributed by atoms with Gasteiger partial charge >= 0.3 is 0 Å². The molecule has 2 aromatic carbocycles. The third kappa shape index (κ3) is 6.16. The third-order valence-electron chi connectivity index (χ3n) is 9.16. The number of piperazine rings is 1. The minimum absolute atomic E-state index is 0.213. The maximum atomic E-state index is 14.7. The van der Waals surface area contributed by atoms with E-state index in [1.54, 1.807) is 16.9 Å². The zero-order chi connectivity index (χ0) is 30.9. The largest absolute Gasteiger partial charge is 0.381 e. The van der Waals surface area contributed by atoms with Gasteiger partial charge in [0.25, 0.3) is 5.91 Å². The van der Waals surface area contributed by atoms with Crippen LogP contribution >= 0.6 is 0 Å². The minimum Gasteiger partial charge on any atom is -0.381 e. The number of carbonyl (C=O) groups is 1. The highest BCUT2D eigenvalue weighted by molar-refractivity contribution is 6.09. The number of likely N-dealkylation sites (N-methyl/N-ethyl adjacent to an activating group) is 1. The van der Waals surface area contributed by atoms with Gasteiger partial charge in [0, 0.05) is 75.1 Å². The maximum Gasteiger partial charge on any atom is 0.257 e. The van der Waals surface area contributed by atoms with E-state index in [4.69, 9.17) is 9.72 Å². The van der Waals surface area contributed by atoms with Gasteiger partial charge in [-0.25, -0.2) is 18.3 Å². The van der Waals surface area contributed by atoms with Gasteiger partial charge in [-0.1, -0.05) is 0 Å². The fraction of sp³-hybridized carbons (Fsp3) is 0.424. The van der Waals surface area contributed by atoms with E-state index in [0.29, 0.717) is 54.5 Å². The van der Waals surface area contributed by atoms with Gasteiger partial charge in [-0.05, 0) is 75.2 Å². The zero-order valence-corrected chi connectivity index (χ0v) is 25.4. The van der Waals surface area contributed by atoms with Gasteiger partial charge in [0.05, 0.1) is 17.8 Å². The Balaban J connectivity index is 1.16. The molecule has 2 aromatic heterocycles. The van der Waals surface area contributed by atoms with Crippen molar-refractivity contribution in [2.45, 2.75) is 37.8 Å². The van der Waals surface area contributed by atoms with Crippen LogP contribution in [0, 0.1) is 11.6 Å².